The van der Waals surface area contributed by atoms with Crippen LogP contribution in [-0.4, -0.2) is 46.8 Å². The molecule has 1 atom stereocenters. The van der Waals surface area contributed by atoms with Crippen LogP contribution in [0.25, 0.3) is 0 Å². The van der Waals surface area contributed by atoms with Crippen LogP contribution in [0.1, 0.15) is 61.7 Å². The van der Waals surface area contributed by atoms with E-state index in [1.807, 2.05) is 51.7 Å². The number of benzene rings is 1. The Bertz CT molecular complexity index is 944. The van der Waals surface area contributed by atoms with E-state index in [1.54, 1.807) is 16.2 Å². The van der Waals surface area contributed by atoms with E-state index in [-0.39, 0.29) is 24.4 Å². The van der Waals surface area contributed by atoms with Crippen LogP contribution < -0.4 is 4.74 Å². The second-order valence-corrected chi connectivity index (χ2v) is 10.2. The molecule has 0 fully saturated rings. The van der Waals surface area contributed by atoms with Crippen molar-refractivity contribution in [2.45, 2.75) is 66.0 Å². The van der Waals surface area contributed by atoms with E-state index >= 15 is 0 Å². The molecule has 6 heteroatoms. The van der Waals surface area contributed by atoms with Crippen LogP contribution in [0.4, 0.5) is 0 Å². The normalized spacial score (nSPS) is 16.1. The Hall–Kier alpha value is -2.34. The summed E-state index contributed by atoms with van der Waals surface area (Å²) in [6, 6.07) is 8.09. The zero-order chi connectivity index (χ0) is 22.8. The highest BCUT2D eigenvalue weighted by Gasteiger charge is 2.35. The lowest BCUT2D eigenvalue weighted by molar-refractivity contribution is -0.146. The average Bonchev–Trinajstić information content (AvgIpc) is 3.18. The van der Waals surface area contributed by atoms with Crippen LogP contribution in [0.5, 0.6) is 5.75 Å². The van der Waals surface area contributed by atoms with E-state index in [1.165, 1.54) is 16.0 Å². The van der Waals surface area contributed by atoms with Gasteiger partial charge < -0.3 is 14.5 Å². The third-order valence-corrected chi connectivity index (χ3v) is 6.85. The van der Waals surface area contributed by atoms with Crippen molar-refractivity contribution < 1.29 is 14.3 Å². The van der Waals surface area contributed by atoms with Gasteiger partial charge in [0.15, 0.2) is 0 Å². The maximum atomic E-state index is 13.4. The van der Waals surface area contributed by atoms with Crippen molar-refractivity contribution in [3.63, 3.8) is 0 Å². The van der Waals surface area contributed by atoms with Gasteiger partial charge in [0.2, 0.25) is 11.8 Å². The second kappa shape index (κ2) is 9.43. The molecule has 0 N–H and O–H groups in total. The first kappa shape index (κ1) is 23.3. The van der Waals surface area contributed by atoms with Crippen molar-refractivity contribution in [3.8, 4) is 5.75 Å². The summed E-state index contributed by atoms with van der Waals surface area (Å²) in [7, 11) is 0. The lowest BCUT2D eigenvalue weighted by Crippen LogP contribution is -2.53. The average molecular weight is 443 g/mol. The Labute approximate surface area is 190 Å². The minimum Gasteiger partial charge on any atom is -0.491 e. The van der Waals surface area contributed by atoms with Crippen LogP contribution in [0.2, 0.25) is 0 Å². The SMILES string of the molecule is CCC(=O)N(CC(=O)N1CCc2sccc2[C@H]1COc1ccc(C)cc1C)C(C)(C)C. The summed E-state index contributed by atoms with van der Waals surface area (Å²) in [6.45, 7) is 13.0. The van der Waals surface area contributed by atoms with Crippen LogP contribution in [0, 0.1) is 13.8 Å². The molecule has 168 valence electrons. The first-order valence-corrected chi connectivity index (χ1v) is 11.9. The number of hydrogen-bond donors (Lipinski definition) is 0. The summed E-state index contributed by atoms with van der Waals surface area (Å²) in [6.07, 6.45) is 1.23. The van der Waals surface area contributed by atoms with Gasteiger partial charge in [-0.1, -0.05) is 24.6 Å². The Kier molecular flexibility index (Phi) is 7.10. The lowest BCUT2D eigenvalue weighted by Gasteiger charge is -2.40. The smallest absolute Gasteiger partial charge is 0.242 e. The Morgan fingerprint density at radius 3 is 2.61 bits per heavy atom. The molecule has 5 nitrogen and oxygen atoms in total. The van der Waals surface area contributed by atoms with Crippen molar-refractivity contribution in [2.75, 3.05) is 19.7 Å². The molecule has 2 aromatic rings. The first-order chi connectivity index (χ1) is 14.6. The second-order valence-electron chi connectivity index (χ2n) is 9.24. The minimum absolute atomic E-state index is 0.00263. The van der Waals surface area contributed by atoms with Gasteiger partial charge in [0.25, 0.3) is 0 Å². The van der Waals surface area contributed by atoms with Gasteiger partial charge in [-0.3, -0.25) is 9.59 Å². The summed E-state index contributed by atoms with van der Waals surface area (Å²) in [4.78, 5) is 30.9. The molecule has 0 bridgehead atoms. The number of carbonyl (C=O) groups is 2. The summed E-state index contributed by atoms with van der Waals surface area (Å²) in [5.74, 6) is 0.817. The zero-order valence-electron chi connectivity index (χ0n) is 19.5. The predicted molar refractivity (Wildman–Crippen MR) is 126 cm³/mol. The summed E-state index contributed by atoms with van der Waals surface area (Å²) < 4.78 is 6.21. The number of hydrogen-bond acceptors (Lipinski definition) is 4. The molecule has 0 unspecified atom stereocenters. The predicted octanol–water partition coefficient (Wildman–Crippen LogP) is 4.91. The molecule has 3 rings (SSSR count). The van der Waals surface area contributed by atoms with E-state index in [4.69, 9.17) is 4.74 Å². The molecule has 2 amide bonds. The molecule has 1 aromatic heterocycles. The number of amides is 2. The standard InChI is InChI=1S/C25H34N2O3S/c1-7-23(28)27(25(4,5)6)15-24(29)26-12-10-22-19(11-13-31-22)20(26)16-30-21-9-8-17(2)14-18(21)3/h8-9,11,13-14,20H,7,10,12,15-16H2,1-6H3/t20-/m1/s1. The number of aryl methyl sites for hydroxylation is 2. The van der Waals surface area contributed by atoms with E-state index in [9.17, 15) is 9.59 Å². The quantitative estimate of drug-likeness (QED) is 0.639. The first-order valence-electron chi connectivity index (χ1n) is 11.0. The fraction of sp³-hybridized carbons (Fsp3) is 0.520. The molecule has 31 heavy (non-hydrogen) atoms. The van der Waals surface area contributed by atoms with Crippen LogP contribution >= 0.6 is 11.3 Å². The number of ether oxygens (including phenoxy) is 1. The number of rotatable bonds is 6. The fourth-order valence-electron chi connectivity index (χ4n) is 4.12. The highest BCUT2D eigenvalue weighted by Crippen LogP contribution is 2.34. The number of nitrogens with zero attached hydrogens (tertiary/aromatic N) is 2. The van der Waals surface area contributed by atoms with Crippen molar-refractivity contribution >= 4 is 23.2 Å². The number of thiophene rings is 1. The van der Waals surface area contributed by atoms with E-state index in [0.717, 1.165) is 17.7 Å². The molecule has 1 aliphatic rings. The van der Waals surface area contributed by atoms with Crippen LogP contribution in [0.15, 0.2) is 29.6 Å². The Balaban J connectivity index is 1.82. The van der Waals surface area contributed by atoms with E-state index in [0.29, 0.717) is 19.6 Å². The van der Waals surface area contributed by atoms with Gasteiger partial charge in [-0.15, -0.1) is 11.3 Å². The van der Waals surface area contributed by atoms with Crippen molar-refractivity contribution in [1.82, 2.24) is 9.80 Å². The van der Waals surface area contributed by atoms with Crippen molar-refractivity contribution in [1.29, 1.82) is 0 Å². The summed E-state index contributed by atoms with van der Waals surface area (Å²) in [5.41, 5.74) is 3.05. The van der Waals surface area contributed by atoms with Gasteiger partial charge in [-0.25, -0.2) is 0 Å². The molecule has 0 spiro atoms. The molecular formula is C25H34N2O3S. The van der Waals surface area contributed by atoms with Gasteiger partial charge >= 0.3 is 0 Å². The third-order valence-electron chi connectivity index (χ3n) is 5.85. The van der Waals surface area contributed by atoms with Gasteiger partial charge in [-0.05, 0) is 69.7 Å². The topological polar surface area (TPSA) is 49.9 Å². The molecule has 0 saturated heterocycles. The summed E-state index contributed by atoms with van der Waals surface area (Å²) >= 11 is 1.74. The molecule has 0 saturated carbocycles. The maximum Gasteiger partial charge on any atom is 0.242 e. The van der Waals surface area contributed by atoms with Crippen LogP contribution in [0.3, 0.4) is 0 Å². The number of fused-ring (bicyclic) bond motifs is 1. The van der Waals surface area contributed by atoms with Gasteiger partial charge in [-0.2, -0.15) is 0 Å². The molecule has 2 heterocycles. The van der Waals surface area contributed by atoms with Gasteiger partial charge in [0, 0.05) is 23.4 Å². The number of carbonyl (C=O) groups excluding carboxylic acids is 2. The van der Waals surface area contributed by atoms with Gasteiger partial charge in [0.1, 0.15) is 18.9 Å². The third kappa shape index (κ3) is 5.29. The maximum absolute atomic E-state index is 13.4. The van der Waals surface area contributed by atoms with Crippen molar-refractivity contribution in [2.24, 2.45) is 0 Å². The largest absolute Gasteiger partial charge is 0.491 e. The highest BCUT2D eigenvalue weighted by atomic mass is 32.1. The molecule has 1 aliphatic heterocycles. The molecular weight excluding hydrogens is 408 g/mol. The van der Waals surface area contributed by atoms with E-state index in [2.05, 4.69) is 24.4 Å². The fourth-order valence-corrected chi connectivity index (χ4v) is 5.05. The molecule has 1 aromatic carbocycles. The minimum atomic E-state index is -0.406. The molecule has 0 aliphatic carbocycles. The van der Waals surface area contributed by atoms with E-state index < -0.39 is 5.54 Å². The Morgan fingerprint density at radius 1 is 1.23 bits per heavy atom. The summed E-state index contributed by atoms with van der Waals surface area (Å²) in [5, 5.41) is 2.09. The lowest BCUT2D eigenvalue weighted by atomic mass is 9.99. The monoisotopic (exact) mass is 442 g/mol. The van der Waals surface area contributed by atoms with Crippen molar-refractivity contribution in [3.05, 3.63) is 51.2 Å². The zero-order valence-corrected chi connectivity index (χ0v) is 20.3. The van der Waals surface area contributed by atoms with Crippen LogP contribution in [-0.2, 0) is 16.0 Å². The Morgan fingerprint density at radius 2 is 1.97 bits per heavy atom. The molecule has 0 radical (unpaired) electrons. The highest BCUT2D eigenvalue weighted by molar-refractivity contribution is 7.10. The van der Waals surface area contributed by atoms with Gasteiger partial charge in [0.05, 0.1) is 6.04 Å².